The van der Waals surface area contributed by atoms with Crippen molar-refractivity contribution in [3.63, 3.8) is 0 Å². The van der Waals surface area contributed by atoms with Crippen molar-refractivity contribution in [2.24, 2.45) is 0 Å². The molecule has 0 unspecified atom stereocenters. The number of rotatable bonds is 4. The molecule has 0 atom stereocenters. The summed E-state index contributed by atoms with van der Waals surface area (Å²) in [6.45, 7) is 3.84. The smallest absolute Gasteiger partial charge is 0.545 e. The molecule has 2 aromatic rings. The van der Waals surface area contributed by atoms with Crippen LogP contribution in [0.15, 0.2) is 48.5 Å². The van der Waals surface area contributed by atoms with Gasteiger partial charge in [0, 0.05) is 11.1 Å². The predicted molar refractivity (Wildman–Crippen MR) is 80.3 cm³/mol. The number of carbonyl (C=O) groups excluding carboxylic acids is 2. The van der Waals surface area contributed by atoms with Crippen LogP contribution >= 0.6 is 0 Å². The van der Waals surface area contributed by atoms with E-state index in [9.17, 15) is 19.8 Å². The van der Waals surface area contributed by atoms with E-state index in [1.165, 1.54) is 0 Å². The number of carbonyl (C=O) groups is 2. The Bertz CT molecular complexity index is 595. The first-order chi connectivity index (χ1) is 10.5. The number of aryl methyl sites for hydroxylation is 2. The number of carboxylic acid groups (broad SMARTS) is 2. The van der Waals surface area contributed by atoms with Gasteiger partial charge >= 0.3 is 27.3 Å². The molecule has 116 valence electrons. The maximum absolute atomic E-state index is 10.5. The largest absolute Gasteiger partial charge is 2.00 e. The van der Waals surface area contributed by atoms with E-state index >= 15 is 0 Å². The molecule has 0 amide bonds. The zero-order chi connectivity index (χ0) is 16.5. The summed E-state index contributed by atoms with van der Waals surface area (Å²) >= 11 is 0. The summed E-state index contributed by atoms with van der Waals surface area (Å²) in [6.07, 6.45) is 1.45. The van der Waals surface area contributed by atoms with Crippen molar-refractivity contribution in [1.82, 2.24) is 0 Å². The number of benzene rings is 2. The first-order valence-electron chi connectivity index (χ1n) is 7.09. The summed E-state index contributed by atoms with van der Waals surface area (Å²) in [7, 11) is 0. The maximum atomic E-state index is 10.5. The molecule has 0 fully saturated rings. The Balaban J connectivity index is 0.000000403. The van der Waals surface area contributed by atoms with Crippen LogP contribution in [0.1, 0.15) is 45.7 Å². The minimum absolute atomic E-state index is 0. The van der Waals surface area contributed by atoms with Gasteiger partial charge in [0.15, 0.2) is 0 Å². The third-order valence-corrected chi connectivity index (χ3v) is 3.24. The molecule has 0 radical (unpaired) electrons. The standard InChI is InChI=1S/2C9H10O2.Cd/c2*1-2-7-5-3-4-6-8(7)9(10)11;/h2*3-6H,2H2,1H3,(H,10,11);/q;;+2/p-2. The molecule has 0 aliphatic carbocycles. The van der Waals surface area contributed by atoms with Crippen LogP contribution in [0.4, 0.5) is 0 Å². The van der Waals surface area contributed by atoms with Crippen LogP contribution in [-0.2, 0) is 40.1 Å². The molecule has 2 rings (SSSR count). The summed E-state index contributed by atoms with van der Waals surface area (Å²) in [5.41, 5.74) is 2.25. The van der Waals surface area contributed by atoms with Gasteiger partial charge in [0.2, 0.25) is 0 Å². The maximum Gasteiger partial charge on any atom is 2.00 e. The normalized spacial score (nSPS) is 9.13. The van der Waals surface area contributed by atoms with Gasteiger partial charge < -0.3 is 19.8 Å². The molecule has 0 N–H and O–H groups in total. The van der Waals surface area contributed by atoms with Crippen molar-refractivity contribution >= 4 is 11.9 Å². The molecule has 0 aliphatic heterocycles. The fourth-order valence-corrected chi connectivity index (χ4v) is 2.06. The summed E-state index contributed by atoms with van der Waals surface area (Å²) in [5.74, 6) is -2.19. The van der Waals surface area contributed by atoms with Crippen LogP contribution in [0.3, 0.4) is 0 Å². The quantitative estimate of drug-likeness (QED) is 0.710. The van der Waals surface area contributed by atoms with Crippen molar-refractivity contribution < 1.29 is 47.1 Å². The van der Waals surface area contributed by atoms with E-state index in [0.717, 1.165) is 24.0 Å². The summed E-state index contributed by atoms with van der Waals surface area (Å²) in [4.78, 5) is 20.9. The molecule has 5 heteroatoms. The summed E-state index contributed by atoms with van der Waals surface area (Å²) in [6, 6.07) is 13.8. The second kappa shape index (κ2) is 10.9. The molecular formula is C18H18CdO4. The molecule has 23 heavy (non-hydrogen) atoms. The van der Waals surface area contributed by atoms with Crippen LogP contribution in [0, 0.1) is 0 Å². The molecule has 0 aromatic heterocycles. The van der Waals surface area contributed by atoms with Gasteiger partial charge in [-0.3, -0.25) is 0 Å². The van der Waals surface area contributed by atoms with Crippen molar-refractivity contribution in [2.45, 2.75) is 26.7 Å². The van der Waals surface area contributed by atoms with E-state index in [1.54, 1.807) is 36.4 Å². The SMILES string of the molecule is CCc1ccccc1C(=O)[O-].CCc1ccccc1C(=O)[O-].[Cd+2]. The predicted octanol–water partition coefficient (Wildman–Crippen LogP) is 1.22. The van der Waals surface area contributed by atoms with E-state index in [-0.39, 0.29) is 27.3 Å². The molecule has 0 spiro atoms. The molecular weight excluding hydrogens is 393 g/mol. The van der Waals surface area contributed by atoms with Crippen molar-refractivity contribution in [2.75, 3.05) is 0 Å². The van der Waals surface area contributed by atoms with Gasteiger partial charge in [-0.05, 0) is 24.0 Å². The number of hydrogen-bond donors (Lipinski definition) is 0. The fraction of sp³-hybridized carbons (Fsp3) is 0.222. The Morgan fingerprint density at radius 2 is 1.04 bits per heavy atom. The topological polar surface area (TPSA) is 80.3 Å². The molecule has 2 aromatic carbocycles. The zero-order valence-corrected chi connectivity index (χ0v) is 17.4. The monoisotopic (exact) mass is 412 g/mol. The third-order valence-electron chi connectivity index (χ3n) is 3.24. The second-order valence-corrected chi connectivity index (χ2v) is 4.60. The van der Waals surface area contributed by atoms with Crippen molar-refractivity contribution in [1.29, 1.82) is 0 Å². The summed E-state index contributed by atoms with van der Waals surface area (Å²) < 4.78 is 0. The Morgan fingerprint density at radius 1 is 0.739 bits per heavy atom. The van der Waals surface area contributed by atoms with Crippen LogP contribution < -0.4 is 10.2 Å². The first-order valence-corrected chi connectivity index (χ1v) is 7.09. The van der Waals surface area contributed by atoms with Crippen LogP contribution in [0.5, 0.6) is 0 Å². The minimum Gasteiger partial charge on any atom is -0.545 e. The van der Waals surface area contributed by atoms with E-state index in [0.29, 0.717) is 11.1 Å². The van der Waals surface area contributed by atoms with Crippen molar-refractivity contribution in [3.05, 3.63) is 70.8 Å². The molecule has 0 heterocycles. The Kier molecular flexibility index (Phi) is 10.1. The minimum atomic E-state index is -1.09. The zero-order valence-electron chi connectivity index (χ0n) is 13.4. The van der Waals surface area contributed by atoms with E-state index < -0.39 is 11.9 Å². The van der Waals surface area contributed by atoms with Gasteiger partial charge in [-0.25, -0.2) is 0 Å². The van der Waals surface area contributed by atoms with Crippen LogP contribution in [-0.4, -0.2) is 11.9 Å². The molecule has 4 nitrogen and oxygen atoms in total. The van der Waals surface area contributed by atoms with Crippen molar-refractivity contribution in [3.8, 4) is 0 Å². The van der Waals surface area contributed by atoms with Crippen LogP contribution in [0.2, 0.25) is 0 Å². The van der Waals surface area contributed by atoms with Gasteiger partial charge in [0.05, 0.1) is 11.9 Å². The van der Waals surface area contributed by atoms with Gasteiger partial charge in [-0.2, -0.15) is 0 Å². The molecule has 0 saturated heterocycles. The van der Waals surface area contributed by atoms with Gasteiger partial charge in [-0.1, -0.05) is 62.4 Å². The summed E-state index contributed by atoms with van der Waals surface area (Å²) in [5, 5.41) is 20.9. The Hall–Kier alpha value is -1.70. The average molecular weight is 411 g/mol. The third kappa shape index (κ3) is 6.52. The van der Waals surface area contributed by atoms with E-state index in [1.807, 2.05) is 26.0 Å². The van der Waals surface area contributed by atoms with E-state index in [4.69, 9.17) is 0 Å². The second-order valence-electron chi connectivity index (χ2n) is 4.60. The average Bonchev–Trinajstić information content (AvgIpc) is 2.55. The molecule has 0 aliphatic rings. The Labute approximate surface area is 156 Å². The number of hydrogen-bond acceptors (Lipinski definition) is 4. The number of aromatic carboxylic acids is 2. The van der Waals surface area contributed by atoms with Gasteiger partial charge in [0.1, 0.15) is 0 Å². The van der Waals surface area contributed by atoms with Gasteiger partial charge in [-0.15, -0.1) is 0 Å². The van der Waals surface area contributed by atoms with E-state index in [2.05, 4.69) is 0 Å². The fourth-order valence-electron chi connectivity index (χ4n) is 2.06. The first kappa shape index (κ1) is 21.3. The molecule has 0 saturated carbocycles. The van der Waals surface area contributed by atoms with Crippen LogP contribution in [0.25, 0.3) is 0 Å². The molecule has 0 bridgehead atoms. The number of carboxylic acids is 2. The Morgan fingerprint density at radius 3 is 1.26 bits per heavy atom. The van der Waals surface area contributed by atoms with Gasteiger partial charge in [0.25, 0.3) is 0 Å².